The molecule has 5 heteroatoms. The number of nitrogens with zero attached hydrogens (tertiary/aromatic N) is 1. The number of hydrogen-bond donors (Lipinski definition) is 1. The van der Waals surface area contributed by atoms with Gasteiger partial charge in [-0.15, -0.1) is 0 Å². The second kappa shape index (κ2) is 9.39. The summed E-state index contributed by atoms with van der Waals surface area (Å²) < 4.78 is 0. The van der Waals surface area contributed by atoms with Crippen molar-refractivity contribution in [2.24, 2.45) is 0 Å². The van der Waals surface area contributed by atoms with Crippen molar-refractivity contribution in [2.75, 3.05) is 6.54 Å². The van der Waals surface area contributed by atoms with Crippen LogP contribution in [0, 0.1) is 6.92 Å². The molecule has 0 aliphatic heterocycles. The number of carbonyl (C=O) groups is 2. The van der Waals surface area contributed by atoms with Crippen molar-refractivity contribution in [1.29, 1.82) is 0 Å². The molecule has 0 fully saturated rings. The summed E-state index contributed by atoms with van der Waals surface area (Å²) in [5, 5.41) is 3.43. The summed E-state index contributed by atoms with van der Waals surface area (Å²) in [5.41, 5.74) is 3.02. The van der Waals surface area contributed by atoms with E-state index in [1.165, 1.54) is 0 Å². The molecule has 138 valence electrons. The zero-order chi connectivity index (χ0) is 19.1. The number of halogens is 1. The Morgan fingerprint density at radius 1 is 1.04 bits per heavy atom. The van der Waals surface area contributed by atoms with Crippen LogP contribution in [0.25, 0.3) is 0 Å². The van der Waals surface area contributed by atoms with Gasteiger partial charge in [-0.3, -0.25) is 9.59 Å². The summed E-state index contributed by atoms with van der Waals surface area (Å²) >= 11 is 5.94. The average Bonchev–Trinajstić information content (AvgIpc) is 2.62. The molecule has 1 N–H and O–H groups in total. The zero-order valence-electron chi connectivity index (χ0n) is 15.5. The molecule has 0 radical (unpaired) electrons. The summed E-state index contributed by atoms with van der Waals surface area (Å²) in [5.74, 6) is -0.235. The monoisotopic (exact) mass is 372 g/mol. The van der Waals surface area contributed by atoms with E-state index in [1.54, 1.807) is 24.0 Å². The van der Waals surface area contributed by atoms with E-state index in [0.717, 1.165) is 16.7 Å². The van der Waals surface area contributed by atoms with Crippen LogP contribution < -0.4 is 5.32 Å². The zero-order valence-corrected chi connectivity index (χ0v) is 16.2. The Kier molecular flexibility index (Phi) is 7.22. The topological polar surface area (TPSA) is 49.4 Å². The number of likely N-dealkylation sites (N-methyl/N-ethyl adjacent to an activating group) is 1. The normalized spacial score (nSPS) is 11.7. The third-order valence-corrected chi connectivity index (χ3v) is 4.51. The first-order valence-electron chi connectivity index (χ1n) is 8.78. The van der Waals surface area contributed by atoms with Crippen LogP contribution in [0.4, 0.5) is 0 Å². The van der Waals surface area contributed by atoms with Gasteiger partial charge in [0.2, 0.25) is 11.8 Å². The summed E-state index contributed by atoms with van der Waals surface area (Å²) in [7, 11) is 0. The highest BCUT2D eigenvalue weighted by Gasteiger charge is 2.25. The van der Waals surface area contributed by atoms with Gasteiger partial charge < -0.3 is 10.2 Å². The minimum absolute atomic E-state index is 0.0810. The van der Waals surface area contributed by atoms with Crippen molar-refractivity contribution in [3.05, 3.63) is 70.2 Å². The van der Waals surface area contributed by atoms with Gasteiger partial charge in [0.15, 0.2) is 0 Å². The average molecular weight is 373 g/mol. The SMILES string of the molecule is CCNC(=O)C(C)N(Cc1ccc(Cl)cc1)C(=O)Cc1ccc(C)cc1. The fourth-order valence-electron chi connectivity index (χ4n) is 2.67. The first-order valence-corrected chi connectivity index (χ1v) is 9.15. The first-order chi connectivity index (χ1) is 12.4. The summed E-state index contributed by atoms with van der Waals surface area (Å²) in [4.78, 5) is 26.9. The molecule has 0 heterocycles. The summed E-state index contributed by atoms with van der Waals surface area (Å²) in [6.45, 7) is 6.52. The predicted octanol–water partition coefficient (Wildman–Crippen LogP) is 3.74. The van der Waals surface area contributed by atoms with Gasteiger partial charge in [0.1, 0.15) is 6.04 Å². The minimum atomic E-state index is -0.552. The van der Waals surface area contributed by atoms with Crippen molar-refractivity contribution in [3.63, 3.8) is 0 Å². The fraction of sp³-hybridized carbons (Fsp3) is 0.333. The van der Waals surface area contributed by atoms with Gasteiger partial charge in [0.25, 0.3) is 0 Å². The maximum Gasteiger partial charge on any atom is 0.242 e. The van der Waals surface area contributed by atoms with E-state index in [1.807, 2.05) is 50.2 Å². The van der Waals surface area contributed by atoms with E-state index in [4.69, 9.17) is 11.6 Å². The molecule has 0 aliphatic carbocycles. The third kappa shape index (κ3) is 5.60. The van der Waals surface area contributed by atoms with Crippen molar-refractivity contribution >= 4 is 23.4 Å². The lowest BCUT2D eigenvalue weighted by molar-refractivity contribution is -0.140. The van der Waals surface area contributed by atoms with Crippen LogP contribution >= 0.6 is 11.6 Å². The standard InChI is InChI=1S/C21H25ClN2O2/c1-4-23-21(26)16(3)24(14-18-9-11-19(22)12-10-18)20(25)13-17-7-5-15(2)6-8-17/h5-12,16H,4,13-14H2,1-3H3,(H,23,26). The summed E-state index contributed by atoms with van der Waals surface area (Å²) in [6, 6.07) is 14.6. The Labute approximate surface area is 160 Å². The smallest absolute Gasteiger partial charge is 0.242 e. The number of amides is 2. The fourth-order valence-corrected chi connectivity index (χ4v) is 2.80. The third-order valence-electron chi connectivity index (χ3n) is 4.26. The van der Waals surface area contributed by atoms with Crippen molar-refractivity contribution in [3.8, 4) is 0 Å². The number of aryl methyl sites for hydroxylation is 1. The molecule has 2 rings (SSSR count). The van der Waals surface area contributed by atoms with Crippen LogP contribution in [-0.4, -0.2) is 29.3 Å². The Morgan fingerprint density at radius 2 is 1.62 bits per heavy atom. The predicted molar refractivity (Wildman–Crippen MR) is 105 cm³/mol. The molecule has 0 spiro atoms. The maximum absolute atomic E-state index is 12.9. The molecule has 2 amide bonds. The van der Waals surface area contributed by atoms with Crippen LogP contribution in [-0.2, 0) is 22.6 Å². The molecule has 0 aromatic heterocycles. The maximum atomic E-state index is 12.9. The highest BCUT2D eigenvalue weighted by molar-refractivity contribution is 6.30. The first kappa shape index (κ1) is 20.0. The van der Waals surface area contributed by atoms with Gasteiger partial charge in [-0.2, -0.15) is 0 Å². The number of carbonyl (C=O) groups excluding carboxylic acids is 2. The molecule has 2 aromatic rings. The van der Waals surface area contributed by atoms with Gasteiger partial charge in [0, 0.05) is 18.1 Å². The van der Waals surface area contributed by atoms with Gasteiger partial charge in [0.05, 0.1) is 6.42 Å². The van der Waals surface area contributed by atoms with Gasteiger partial charge in [-0.25, -0.2) is 0 Å². The number of nitrogens with one attached hydrogen (secondary N) is 1. The highest BCUT2D eigenvalue weighted by atomic mass is 35.5. The van der Waals surface area contributed by atoms with Crippen molar-refractivity contribution in [2.45, 2.75) is 39.8 Å². The molecule has 0 aliphatic rings. The molecular formula is C21H25ClN2O2. The van der Waals surface area contributed by atoms with E-state index in [2.05, 4.69) is 5.32 Å². The molecule has 0 bridgehead atoms. The van der Waals surface area contributed by atoms with Crippen molar-refractivity contribution in [1.82, 2.24) is 10.2 Å². The van der Waals surface area contributed by atoms with Crippen molar-refractivity contribution < 1.29 is 9.59 Å². The molecule has 1 atom stereocenters. The van der Waals surface area contributed by atoms with Gasteiger partial charge >= 0.3 is 0 Å². The van der Waals surface area contributed by atoms with E-state index < -0.39 is 6.04 Å². The number of benzene rings is 2. The second-order valence-corrected chi connectivity index (χ2v) is 6.82. The molecule has 2 aromatic carbocycles. The Balaban J connectivity index is 2.20. The Hall–Kier alpha value is -2.33. The lowest BCUT2D eigenvalue weighted by Gasteiger charge is -2.29. The van der Waals surface area contributed by atoms with Crippen LogP contribution in [0.2, 0.25) is 5.02 Å². The Morgan fingerprint density at radius 3 is 2.19 bits per heavy atom. The molecular weight excluding hydrogens is 348 g/mol. The largest absolute Gasteiger partial charge is 0.355 e. The molecule has 1 unspecified atom stereocenters. The summed E-state index contributed by atoms with van der Waals surface area (Å²) in [6.07, 6.45) is 0.262. The van der Waals surface area contributed by atoms with E-state index in [0.29, 0.717) is 18.1 Å². The molecule has 0 saturated carbocycles. The van der Waals surface area contributed by atoms with E-state index >= 15 is 0 Å². The lowest BCUT2D eigenvalue weighted by atomic mass is 10.1. The Bertz CT molecular complexity index is 742. The number of rotatable bonds is 7. The van der Waals surface area contributed by atoms with Gasteiger partial charge in [-0.05, 0) is 44.0 Å². The molecule has 0 saturated heterocycles. The van der Waals surface area contributed by atoms with Crippen LogP contribution in [0.15, 0.2) is 48.5 Å². The van der Waals surface area contributed by atoms with Crippen LogP contribution in [0.1, 0.15) is 30.5 Å². The second-order valence-electron chi connectivity index (χ2n) is 6.38. The molecule has 26 heavy (non-hydrogen) atoms. The van der Waals surface area contributed by atoms with Crippen LogP contribution in [0.5, 0.6) is 0 Å². The quantitative estimate of drug-likeness (QED) is 0.804. The highest BCUT2D eigenvalue weighted by Crippen LogP contribution is 2.15. The lowest BCUT2D eigenvalue weighted by Crippen LogP contribution is -2.48. The van der Waals surface area contributed by atoms with E-state index in [-0.39, 0.29) is 18.2 Å². The number of hydrogen-bond acceptors (Lipinski definition) is 2. The van der Waals surface area contributed by atoms with Crippen LogP contribution in [0.3, 0.4) is 0 Å². The van der Waals surface area contributed by atoms with Gasteiger partial charge in [-0.1, -0.05) is 53.6 Å². The minimum Gasteiger partial charge on any atom is -0.355 e. The molecule has 4 nitrogen and oxygen atoms in total. The van der Waals surface area contributed by atoms with E-state index in [9.17, 15) is 9.59 Å².